The third-order valence-corrected chi connectivity index (χ3v) is 16.0. The number of thiophene rings is 1. The molecule has 1 unspecified atom stereocenters. The number of ether oxygens (including phenoxy) is 1. The monoisotopic (exact) mass is 612 g/mol. The van der Waals surface area contributed by atoms with Gasteiger partial charge in [-0.2, -0.15) is 8.42 Å². The van der Waals surface area contributed by atoms with Crippen LogP contribution in [0.1, 0.15) is 100 Å². The smallest absolute Gasteiger partial charge is 0.348 e. The van der Waals surface area contributed by atoms with E-state index in [1.165, 1.54) is 42.6 Å². The average molecular weight is 613 g/mol. The minimum absolute atomic E-state index is 0.0659. The molecule has 1 aromatic heterocycles. The van der Waals surface area contributed by atoms with E-state index in [1.54, 1.807) is 0 Å². The summed E-state index contributed by atoms with van der Waals surface area (Å²) in [6.07, 6.45) is 15.9. The van der Waals surface area contributed by atoms with E-state index in [-0.39, 0.29) is 34.5 Å². The van der Waals surface area contributed by atoms with Crippen molar-refractivity contribution in [2.75, 3.05) is 13.4 Å². The molecule has 3 rings (SSSR count). The van der Waals surface area contributed by atoms with Gasteiger partial charge in [0.25, 0.3) is 10.1 Å². The standard InChI is InChI=1S/C31H52O6S2Si/c1-9-31(21-12-22-31)28(37-40(7,8)30(2,3)4)16-11-15-25-23(17-19-26(25)36-39(6,33)34)13-10-14-24-18-20-27(38-24)29(32)35-5/h11,15,18,20,23,25-26,28H,9-10,12-14,16-17,19,21-22H2,1-8H3/b15-11+/t23-,25+,26-,28?/m0/s1. The second-order valence-electron chi connectivity index (χ2n) is 13.5. The number of carbonyl (C=O) groups excluding carboxylic acids is 1. The fourth-order valence-corrected chi connectivity index (χ4v) is 9.18. The van der Waals surface area contributed by atoms with Crippen molar-refractivity contribution in [3.05, 3.63) is 34.0 Å². The predicted octanol–water partition coefficient (Wildman–Crippen LogP) is 8.15. The Hall–Kier alpha value is -1.00. The molecule has 1 heterocycles. The summed E-state index contributed by atoms with van der Waals surface area (Å²) in [6.45, 7) is 13.9. The van der Waals surface area contributed by atoms with Crippen molar-refractivity contribution >= 4 is 35.7 Å². The van der Waals surface area contributed by atoms with Crippen molar-refractivity contribution in [1.29, 1.82) is 0 Å². The second kappa shape index (κ2) is 13.5. The van der Waals surface area contributed by atoms with Crippen molar-refractivity contribution in [1.82, 2.24) is 0 Å². The van der Waals surface area contributed by atoms with Crippen molar-refractivity contribution in [2.24, 2.45) is 17.3 Å². The highest BCUT2D eigenvalue weighted by Gasteiger charge is 2.48. The molecule has 2 fully saturated rings. The molecule has 0 amide bonds. The molecule has 4 atom stereocenters. The molecule has 40 heavy (non-hydrogen) atoms. The van der Waals surface area contributed by atoms with Crippen LogP contribution in [0, 0.1) is 17.3 Å². The number of hydrogen-bond acceptors (Lipinski definition) is 7. The van der Waals surface area contributed by atoms with Crippen LogP contribution in [-0.4, -0.2) is 48.3 Å². The molecule has 0 aliphatic heterocycles. The highest BCUT2D eigenvalue weighted by molar-refractivity contribution is 7.86. The molecule has 0 spiro atoms. The molecule has 0 radical (unpaired) electrons. The Balaban J connectivity index is 1.71. The molecule has 228 valence electrons. The molecular formula is C31H52O6S2Si. The Kier molecular flexibility index (Phi) is 11.3. The molecule has 0 N–H and O–H groups in total. The first-order chi connectivity index (χ1) is 18.6. The zero-order valence-corrected chi connectivity index (χ0v) is 28.6. The normalized spacial score (nSPS) is 24.2. The lowest BCUT2D eigenvalue weighted by molar-refractivity contribution is -0.0273. The van der Waals surface area contributed by atoms with Gasteiger partial charge in [0.15, 0.2) is 8.32 Å². The maximum atomic E-state index is 12.1. The van der Waals surface area contributed by atoms with Gasteiger partial charge >= 0.3 is 5.97 Å². The van der Waals surface area contributed by atoms with E-state index in [2.05, 4.69) is 52.9 Å². The number of aryl methyl sites for hydroxylation is 1. The summed E-state index contributed by atoms with van der Waals surface area (Å²) in [7, 11) is -4.07. The average Bonchev–Trinajstić information content (AvgIpc) is 3.44. The van der Waals surface area contributed by atoms with Gasteiger partial charge in [-0.1, -0.05) is 46.3 Å². The Morgan fingerprint density at radius 2 is 1.93 bits per heavy atom. The fourth-order valence-electron chi connectivity index (χ4n) is 6.13. The van der Waals surface area contributed by atoms with E-state index in [0.717, 1.165) is 51.2 Å². The first kappa shape index (κ1) is 33.5. The molecule has 0 saturated heterocycles. The minimum Gasteiger partial charge on any atom is -0.465 e. The lowest BCUT2D eigenvalue weighted by atomic mass is 9.63. The summed E-state index contributed by atoms with van der Waals surface area (Å²) in [5.41, 5.74) is 0.251. The molecule has 0 aromatic carbocycles. The molecule has 9 heteroatoms. The summed E-state index contributed by atoms with van der Waals surface area (Å²) in [5, 5.41) is 0.152. The van der Waals surface area contributed by atoms with Crippen molar-refractivity contribution in [2.45, 2.75) is 122 Å². The van der Waals surface area contributed by atoms with E-state index < -0.39 is 18.4 Å². The molecule has 2 aliphatic rings. The highest BCUT2D eigenvalue weighted by Crippen LogP contribution is 2.51. The number of carbonyl (C=O) groups is 1. The molecule has 1 aromatic rings. The van der Waals surface area contributed by atoms with Crippen molar-refractivity contribution in [3.8, 4) is 0 Å². The summed E-state index contributed by atoms with van der Waals surface area (Å²) in [4.78, 5) is 13.6. The van der Waals surface area contributed by atoms with Crippen LogP contribution in [0.15, 0.2) is 24.3 Å². The summed E-state index contributed by atoms with van der Waals surface area (Å²) in [5.74, 6) is 0.142. The van der Waals surface area contributed by atoms with Crippen molar-refractivity contribution in [3.63, 3.8) is 0 Å². The number of rotatable bonds is 14. The molecule has 6 nitrogen and oxygen atoms in total. The van der Waals surface area contributed by atoms with E-state index in [0.29, 0.717) is 10.8 Å². The van der Waals surface area contributed by atoms with Gasteiger partial charge in [-0.3, -0.25) is 4.18 Å². The van der Waals surface area contributed by atoms with Crippen LogP contribution in [0.2, 0.25) is 18.1 Å². The fraction of sp³-hybridized carbons (Fsp3) is 0.774. The van der Waals surface area contributed by atoms with Crippen LogP contribution in [0.5, 0.6) is 0 Å². The predicted molar refractivity (Wildman–Crippen MR) is 167 cm³/mol. The highest BCUT2D eigenvalue weighted by atomic mass is 32.2. The Morgan fingerprint density at radius 1 is 1.23 bits per heavy atom. The first-order valence-electron chi connectivity index (χ1n) is 15.0. The van der Waals surface area contributed by atoms with Crippen LogP contribution < -0.4 is 0 Å². The van der Waals surface area contributed by atoms with E-state index >= 15 is 0 Å². The van der Waals surface area contributed by atoms with E-state index in [1.807, 2.05) is 12.1 Å². The lowest BCUT2D eigenvalue weighted by Crippen LogP contribution is -2.51. The second-order valence-corrected chi connectivity index (χ2v) is 21.0. The lowest BCUT2D eigenvalue weighted by Gasteiger charge is -2.51. The topological polar surface area (TPSA) is 78.9 Å². The Morgan fingerprint density at radius 3 is 2.48 bits per heavy atom. The van der Waals surface area contributed by atoms with E-state index in [4.69, 9.17) is 13.3 Å². The van der Waals surface area contributed by atoms with E-state index in [9.17, 15) is 13.2 Å². The molecule has 0 bridgehead atoms. The first-order valence-corrected chi connectivity index (χ1v) is 20.5. The summed E-state index contributed by atoms with van der Waals surface area (Å²) in [6, 6.07) is 3.83. The largest absolute Gasteiger partial charge is 0.465 e. The zero-order chi connectivity index (χ0) is 29.8. The molecule has 2 saturated carbocycles. The molecule has 2 aliphatic carbocycles. The van der Waals surface area contributed by atoms with Crippen LogP contribution in [0.3, 0.4) is 0 Å². The number of methoxy groups -OCH3 is 1. The third kappa shape index (κ3) is 8.52. The minimum atomic E-state index is -3.53. The maximum Gasteiger partial charge on any atom is 0.348 e. The number of hydrogen-bond donors (Lipinski definition) is 0. The Labute approximate surface area is 248 Å². The van der Waals surface area contributed by atoms with Gasteiger partial charge in [-0.15, -0.1) is 11.3 Å². The number of esters is 1. The van der Waals surface area contributed by atoms with Gasteiger partial charge < -0.3 is 9.16 Å². The van der Waals surface area contributed by atoms with Gasteiger partial charge in [0.2, 0.25) is 0 Å². The van der Waals surface area contributed by atoms with Gasteiger partial charge in [-0.25, -0.2) is 4.79 Å². The summed E-state index contributed by atoms with van der Waals surface area (Å²) < 4.78 is 41.6. The SMILES string of the molecule is CCC1(C(C/C=C/[C@@H]2[C@@H](CCCc3ccc(C(=O)OC)s3)CC[C@@H]2OS(C)(=O)=O)O[Si](C)(C)C(C)(C)C)CCC1. The van der Waals surface area contributed by atoms with Gasteiger partial charge in [0.1, 0.15) is 4.88 Å². The molecular weight excluding hydrogens is 561 g/mol. The summed E-state index contributed by atoms with van der Waals surface area (Å²) >= 11 is 1.49. The maximum absolute atomic E-state index is 12.1. The van der Waals surface area contributed by atoms with Gasteiger partial charge in [0, 0.05) is 10.8 Å². The van der Waals surface area contributed by atoms with Crippen LogP contribution in [0.4, 0.5) is 0 Å². The Bertz CT molecular complexity index is 1110. The third-order valence-electron chi connectivity index (χ3n) is 9.83. The van der Waals surface area contributed by atoms with Crippen molar-refractivity contribution < 1.29 is 26.6 Å². The zero-order valence-electron chi connectivity index (χ0n) is 26.0. The van der Waals surface area contributed by atoms with Crippen LogP contribution in [0.25, 0.3) is 0 Å². The van der Waals surface area contributed by atoms with Gasteiger partial charge in [-0.05, 0) is 99.4 Å². The van der Waals surface area contributed by atoms with Gasteiger partial charge in [0.05, 0.1) is 25.6 Å². The van der Waals surface area contributed by atoms with Crippen LogP contribution >= 0.6 is 11.3 Å². The van der Waals surface area contributed by atoms with Crippen LogP contribution in [-0.2, 0) is 29.9 Å². The quantitative estimate of drug-likeness (QED) is 0.0913.